The fourth-order valence-electron chi connectivity index (χ4n) is 2.85. The van der Waals surface area contributed by atoms with Gasteiger partial charge in [0.2, 0.25) is 0 Å². The maximum absolute atomic E-state index is 8.76. The highest BCUT2D eigenvalue weighted by Gasteiger charge is 2.19. The molecule has 0 radical (unpaired) electrons. The molecule has 1 aromatic carbocycles. The highest BCUT2D eigenvalue weighted by atomic mass is 15.2. The van der Waals surface area contributed by atoms with Gasteiger partial charge in [0.05, 0.1) is 12.4 Å². The average Bonchev–Trinajstić information content (AvgIpc) is 2.46. The third kappa shape index (κ3) is 2.23. The molecule has 1 aromatic heterocycles. The molecule has 2 heterocycles. The molecule has 0 N–H and O–H groups in total. The second-order valence-electron chi connectivity index (χ2n) is 5.26. The number of anilines is 1. The molecule has 0 spiro atoms. The number of nitrogens with zero attached hydrogens (tertiary/aromatic N) is 4. The van der Waals surface area contributed by atoms with E-state index in [0.717, 1.165) is 25.3 Å². The van der Waals surface area contributed by atoms with Gasteiger partial charge in [0.1, 0.15) is 11.9 Å². The van der Waals surface area contributed by atoms with Gasteiger partial charge < -0.3 is 4.90 Å². The third-order valence-corrected chi connectivity index (χ3v) is 3.78. The standard InChI is InChI=1S/C16H16N4/c1-11-5-12(2)15-3-4-20(10-13(15)6-11)16-9-18-14(7-17)8-19-16/h5-6,8-9H,3-4,10H2,1-2H3. The van der Waals surface area contributed by atoms with Gasteiger partial charge in [-0.3, -0.25) is 0 Å². The van der Waals surface area contributed by atoms with E-state index in [4.69, 9.17) is 5.26 Å². The first-order valence-corrected chi connectivity index (χ1v) is 6.73. The molecule has 0 aliphatic carbocycles. The molecule has 0 saturated heterocycles. The molecular formula is C16H16N4. The summed E-state index contributed by atoms with van der Waals surface area (Å²) in [4.78, 5) is 10.6. The lowest BCUT2D eigenvalue weighted by molar-refractivity contribution is 0.714. The van der Waals surface area contributed by atoms with Gasteiger partial charge >= 0.3 is 0 Å². The monoisotopic (exact) mass is 264 g/mol. The molecule has 0 fully saturated rings. The van der Waals surface area contributed by atoms with E-state index in [9.17, 15) is 0 Å². The van der Waals surface area contributed by atoms with Gasteiger partial charge in [-0.15, -0.1) is 0 Å². The molecule has 100 valence electrons. The Morgan fingerprint density at radius 1 is 1.20 bits per heavy atom. The Morgan fingerprint density at radius 2 is 2.05 bits per heavy atom. The van der Waals surface area contributed by atoms with Crippen molar-refractivity contribution < 1.29 is 0 Å². The van der Waals surface area contributed by atoms with E-state index in [2.05, 4.69) is 40.8 Å². The van der Waals surface area contributed by atoms with Gasteiger partial charge in [-0.1, -0.05) is 17.7 Å². The predicted octanol–water partition coefficient (Wildman–Crippen LogP) is 2.53. The Bertz CT molecular complexity index is 683. The first-order chi connectivity index (χ1) is 9.67. The highest BCUT2D eigenvalue weighted by Crippen LogP contribution is 2.26. The summed E-state index contributed by atoms with van der Waals surface area (Å²) in [6, 6.07) is 6.50. The SMILES string of the molecule is Cc1cc(C)c2c(c1)CN(c1cnc(C#N)cn1)CC2. The van der Waals surface area contributed by atoms with Crippen LogP contribution >= 0.6 is 0 Å². The summed E-state index contributed by atoms with van der Waals surface area (Å²) < 4.78 is 0. The highest BCUT2D eigenvalue weighted by molar-refractivity contribution is 5.47. The molecule has 1 aliphatic rings. The van der Waals surface area contributed by atoms with Crippen molar-refractivity contribution in [1.29, 1.82) is 5.26 Å². The van der Waals surface area contributed by atoms with Crippen LogP contribution in [0.5, 0.6) is 0 Å². The van der Waals surface area contributed by atoms with Crippen LogP contribution < -0.4 is 4.90 Å². The number of aromatic nitrogens is 2. The molecule has 0 unspecified atom stereocenters. The third-order valence-electron chi connectivity index (χ3n) is 3.78. The molecule has 4 heteroatoms. The van der Waals surface area contributed by atoms with Crippen LogP contribution in [0.2, 0.25) is 0 Å². The maximum Gasteiger partial charge on any atom is 0.158 e. The van der Waals surface area contributed by atoms with Crippen molar-refractivity contribution >= 4 is 5.82 Å². The zero-order valence-electron chi connectivity index (χ0n) is 11.7. The molecule has 3 rings (SSSR count). The maximum atomic E-state index is 8.76. The Kier molecular flexibility index (Phi) is 3.11. The van der Waals surface area contributed by atoms with E-state index >= 15 is 0 Å². The second-order valence-corrected chi connectivity index (χ2v) is 5.26. The van der Waals surface area contributed by atoms with Crippen LogP contribution in [0.25, 0.3) is 0 Å². The fourth-order valence-corrected chi connectivity index (χ4v) is 2.85. The largest absolute Gasteiger partial charge is 0.351 e. The van der Waals surface area contributed by atoms with E-state index in [1.54, 1.807) is 6.20 Å². The molecule has 0 amide bonds. The van der Waals surface area contributed by atoms with E-state index in [1.165, 1.54) is 28.5 Å². The molecule has 20 heavy (non-hydrogen) atoms. The van der Waals surface area contributed by atoms with Crippen molar-refractivity contribution in [2.24, 2.45) is 0 Å². The van der Waals surface area contributed by atoms with Crippen molar-refractivity contribution in [3.8, 4) is 6.07 Å². The van der Waals surface area contributed by atoms with Gasteiger partial charge in [0.15, 0.2) is 5.69 Å². The van der Waals surface area contributed by atoms with Crippen LogP contribution in [0.4, 0.5) is 5.82 Å². The normalized spacial score (nSPS) is 13.8. The Balaban J connectivity index is 1.90. The number of hydrogen-bond donors (Lipinski definition) is 0. The number of nitriles is 1. The fraction of sp³-hybridized carbons (Fsp3) is 0.312. The predicted molar refractivity (Wildman–Crippen MR) is 77.4 cm³/mol. The van der Waals surface area contributed by atoms with E-state index in [-0.39, 0.29) is 0 Å². The minimum atomic E-state index is 0.359. The summed E-state index contributed by atoms with van der Waals surface area (Å²) in [5.74, 6) is 0.841. The van der Waals surface area contributed by atoms with Crippen molar-refractivity contribution in [1.82, 2.24) is 9.97 Å². The number of benzene rings is 1. The Hall–Kier alpha value is -2.41. The Labute approximate surface area is 118 Å². The first kappa shape index (κ1) is 12.6. The van der Waals surface area contributed by atoms with Crippen molar-refractivity contribution in [2.75, 3.05) is 11.4 Å². The van der Waals surface area contributed by atoms with Crippen LogP contribution in [0.3, 0.4) is 0 Å². The van der Waals surface area contributed by atoms with Crippen LogP contribution in [0, 0.1) is 25.2 Å². The summed E-state index contributed by atoms with van der Waals surface area (Å²) in [6.07, 6.45) is 4.25. The molecule has 1 aliphatic heterocycles. The van der Waals surface area contributed by atoms with E-state index < -0.39 is 0 Å². The molecule has 2 aromatic rings. The first-order valence-electron chi connectivity index (χ1n) is 6.73. The lowest BCUT2D eigenvalue weighted by Gasteiger charge is -2.30. The topological polar surface area (TPSA) is 52.8 Å². The van der Waals surface area contributed by atoms with Gasteiger partial charge in [-0.2, -0.15) is 5.26 Å². The second kappa shape index (κ2) is 4.93. The summed E-state index contributed by atoms with van der Waals surface area (Å²) in [6.45, 7) is 6.12. The van der Waals surface area contributed by atoms with Crippen LogP contribution in [0.15, 0.2) is 24.5 Å². The Morgan fingerprint density at radius 3 is 2.75 bits per heavy atom. The number of hydrogen-bond acceptors (Lipinski definition) is 4. The molecular weight excluding hydrogens is 248 g/mol. The molecule has 0 atom stereocenters. The van der Waals surface area contributed by atoms with E-state index in [0.29, 0.717) is 5.69 Å². The van der Waals surface area contributed by atoms with Crippen LogP contribution in [0.1, 0.15) is 27.9 Å². The van der Waals surface area contributed by atoms with Gasteiger partial charge in [0, 0.05) is 13.1 Å². The zero-order valence-corrected chi connectivity index (χ0v) is 11.7. The summed E-state index contributed by atoms with van der Waals surface area (Å²) in [5.41, 5.74) is 5.88. The van der Waals surface area contributed by atoms with Crippen molar-refractivity contribution in [2.45, 2.75) is 26.8 Å². The van der Waals surface area contributed by atoms with E-state index in [1.807, 2.05) is 6.07 Å². The van der Waals surface area contributed by atoms with Gasteiger partial charge in [-0.05, 0) is 37.0 Å². The molecule has 0 saturated carbocycles. The van der Waals surface area contributed by atoms with Crippen molar-refractivity contribution in [3.05, 3.63) is 52.5 Å². The number of aryl methyl sites for hydroxylation is 2. The quantitative estimate of drug-likeness (QED) is 0.794. The summed E-state index contributed by atoms with van der Waals surface area (Å²) >= 11 is 0. The lowest BCUT2D eigenvalue weighted by Crippen LogP contribution is -2.31. The number of rotatable bonds is 1. The van der Waals surface area contributed by atoms with Gasteiger partial charge in [-0.25, -0.2) is 9.97 Å². The molecule has 0 bridgehead atoms. The molecule has 4 nitrogen and oxygen atoms in total. The van der Waals surface area contributed by atoms with Crippen LogP contribution in [-0.2, 0) is 13.0 Å². The zero-order chi connectivity index (χ0) is 14.1. The minimum Gasteiger partial charge on any atom is -0.351 e. The number of fused-ring (bicyclic) bond motifs is 1. The van der Waals surface area contributed by atoms with Crippen LogP contribution in [-0.4, -0.2) is 16.5 Å². The minimum absolute atomic E-state index is 0.359. The summed E-state index contributed by atoms with van der Waals surface area (Å²) in [7, 11) is 0. The van der Waals surface area contributed by atoms with Crippen molar-refractivity contribution in [3.63, 3.8) is 0 Å². The van der Waals surface area contributed by atoms with Gasteiger partial charge in [0.25, 0.3) is 0 Å². The summed E-state index contributed by atoms with van der Waals surface area (Å²) in [5, 5.41) is 8.76. The lowest BCUT2D eigenvalue weighted by atomic mass is 9.93. The smallest absolute Gasteiger partial charge is 0.158 e. The average molecular weight is 264 g/mol.